The highest BCUT2D eigenvalue weighted by Crippen LogP contribution is 2.24. The van der Waals surface area contributed by atoms with Crippen molar-refractivity contribution in [1.82, 2.24) is 0 Å². The van der Waals surface area contributed by atoms with Gasteiger partial charge in [0.05, 0.1) is 17.5 Å². The Hall–Kier alpha value is -1.92. The van der Waals surface area contributed by atoms with E-state index in [0.717, 1.165) is 0 Å². The number of esters is 2. The van der Waals surface area contributed by atoms with Gasteiger partial charge in [-0.05, 0) is 37.1 Å². The van der Waals surface area contributed by atoms with Crippen molar-refractivity contribution in [3.63, 3.8) is 0 Å². The third-order valence-electron chi connectivity index (χ3n) is 3.01. The number of fused-ring (bicyclic) bond motifs is 6. The number of hydrogen-bond acceptors (Lipinski definition) is 6. The fourth-order valence-corrected chi connectivity index (χ4v) is 1.91. The van der Waals surface area contributed by atoms with Crippen LogP contribution in [-0.2, 0) is 9.47 Å². The van der Waals surface area contributed by atoms with Crippen molar-refractivity contribution in [3.05, 3.63) is 35.4 Å². The second kappa shape index (κ2) is 6.02. The van der Waals surface area contributed by atoms with Gasteiger partial charge in [0.25, 0.3) is 0 Å². The van der Waals surface area contributed by atoms with E-state index in [-0.39, 0.29) is 24.2 Å². The van der Waals surface area contributed by atoms with E-state index in [0.29, 0.717) is 19.3 Å². The molecule has 1 aromatic rings. The van der Waals surface area contributed by atoms with E-state index in [1.165, 1.54) is 24.3 Å². The van der Waals surface area contributed by atoms with Gasteiger partial charge in [-0.3, -0.25) is 0 Å². The van der Waals surface area contributed by atoms with Gasteiger partial charge in [0, 0.05) is 6.61 Å². The summed E-state index contributed by atoms with van der Waals surface area (Å²) in [5.74, 6) is -3.77. The van der Waals surface area contributed by atoms with E-state index >= 15 is 0 Å². The van der Waals surface area contributed by atoms with Crippen LogP contribution in [0.2, 0.25) is 0 Å². The summed E-state index contributed by atoms with van der Waals surface area (Å²) >= 11 is 0. The molecule has 2 bridgehead atoms. The van der Waals surface area contributed by atoms with Crippen molar-refractivity contribution in [2.75, 3.05) is 6.61 Å². The molecule has 0 aromatic heterocycles. The third kappa shape index (κ3) is 3.34. The highest BCUT2D eigenvalue weighted by molar-refractivity contribution is 5.94. The second-order valence-corrected chi connectivity index (χ2v) is 4.60. The second-order valence-electron chi connectivity index (χ2n) is 4.60. The first-order valence-corrected chi connectivity index (χ1v) is 6.44. The summed E-state index contributed by atoms with van der Waals surface area (Å²) in [7, 11) is 0. The van der Waals surface area contributed by atoms with Gasteiger partial charge in [0.1, 0.15) is 0 Å². The molecule has 0 aliphatic carbocycles. The number of benzene rings is 1. The van der Waals surface area contributed by atoms with Crippen molar-refractivity contribution in [1.29, 1.82) is 0 Å². The largest absolute Gasteiger partial charge is 0.396 e. The average molecular weight is 280 g/mol. The smallest absolute Gasteiger partial charge is 0.373 e. The van der Waals surface area contributed by atoms with Gasteiger partial charge in [-0.2, -0.15) is 0 Å². The molecule has 1 aromatic carbocycles. The lowest BCUT2D eigenvalue weighted by molar-refractivity contribution is -0.307. The third-order valence-corrected chi connectivity index (χ3v) is 3.01. The van der Waals surface area contributed by atoms with Crippen molar-refractivity contribution in [2.24, 2.45) is 0 Å². The number of aliphatic hydroxyl groups excluding tert-OH is 1. The number of carbonyl (C=O) groups is 2. The van der Waals surface area contributed by atoms with E-state index in [4.69, 9.17) is 14.6 Å². The van der Waals surface area contributed by atoms with Gasteiger partial charge in [-0.1, -0.05) is 6.42 Å². The fourth-order valence-electron chi connectivity index (χ4n) is 1.91. The van der Waals surface area contributed by atoms with Crippen LogP contribution < -0.4 is 0 Å². The molecule has 2 aliphatic heterocycles. The summed E-state index contributed by atoms with van der Waals surface area (Å²) in [5, 5.41) is 18.9. The quantitative estimate of drug-likeness (QED) is 0.622. The maximum Gasteiger partial charge on any atom is 0.373 e. The normalized spacial score (nSPS) is 16.9. The van der Waals surface area contributed by atoms with Gasteiger partial charge in [-0.15, -0.1) is 0 Å². The molecule has 0 radical (unpaired) electrons. The van der Waals surface area contributed by atoms with Crippen molar-refractivity contribution >= 4 is 11.9 Å². The summed E-state index contributed by atoms with van der Waals surface area (Å²) in [6.07, 6.45) is 1.60. The molecule has 6 nitrogen and oxygen atoms in total. The summed E-state index contributed by atoms with van der Waals surface area (Å²) in [5.41, 5.74) is 0.474. The Morgan fingerprint density at radius 3 is 1.85 bits per heavy atom. The summed E-state index contributed by atoms with van der Waals surface area (Å²) in [4.78, 5) is 23.6. The SMILES string of the molecule is O=C1OC(O)(CCCCCO)OC(=O)c2ccc1cc2. The maximum absolute atomic E-state index is 11.8. The van der Waals surface area contributed by atoms with Crippen LogP contribution in [-0.4, -0.2) is 34.7 Å². The standard InChI is InChI=1S/C14H16O6/c15-9-3-1-2-8-14(18)19-12(16)10-4-5-11(7-6-10)13(17)20-14/h4-7,15,18H,1-3,8-9H2. The minimum absolute atomic E-state index is 0.0367. The number of carbonyl (C=O) groups excluding carboxylic acids is 2. The van der Waals surface area contributed by atoms with Gasteiger partial charge in [0.2, 0.25) is 0 Å². The van der Waals surface area contributed by atoms with Crippen LogP contribution in [0.15, 0.2) is 24.3 Å². The predicted molar refractivity (Wildman–Crippen MR) is 67.8 cm³/mol. The molecule has 2 heterocycles. The lowest BCUT2D eigenvalue weighted by Gasteiger charge is -2.26. The first-order chi connectivity index (χ1) is 9.54. The Bertz CT molecular complexity index is 456. The van der Waals surface area contributed by atoms with Crippen LogP contribution >= 0.6 is 0 Å². The number of hydrogen-bond donors (Lipinski definition) is 2. The minimum Gasteiger partial charge on any atom is -0.396 e. The predicted octanol–water partition coefficient (Wildman–Crippen LogP) is 1.21. The van der Waals surface area contributed by atoms with Crippen LogP contribution in [0, 0.1) is 0 Å². The van der Waals surface area contributed by atoms with Crippen LogP contribution in [0.3, 0.4) is 0 Å². The molecule has 0 saturated carbocycles. The zero-order chi connectivity index (χ0) is 14.6. The minimum atomic E-state index is -2.27. The topological polar surface area (TPSA) is 93.1 Å². The number of unbranched alkanes of at least 4 members (excludes halogenated alkanes) is 2. The zero-order valence-electron chi connectivity index (χ0n) is 10.9. The van der Waals surface area contributed by atoms with E-state index in [1.54, 1.807) is 0 Å². The summed E-state index contributed by atoms with van der Waals surface area (Å²) in [6, 6.07) is 5.76. The molecule has 0 spiro atoms. The summed E-state index contributed by atoms with van der Waals surface area (Å²) in [6.45, 7) is 0.0433. The van der Waals surface area contributed by atoms with Gasteiger partial charge in [0.15, 0.2) is 0 Å². The molecule has 20 heavy (non-hydrogen) atoms. The van der Waals surface area contributed by atoms with Gasteiger partial charge < -0.3 is 19.7 Å². The lowest BCUT2D eigenvalue weighted by atomic mass is 10.1. The molecule has 0 atom stereocenters. The highest BCUT2D eigenvalue weighted by Gasteiger charge is 2.37. The Labute approximate surface area is 115 Å². The average Bonchev–Trinajstić information content (AvgIpc) is 2.49. The summed E-state index contributed by atoms with van der Waals surface area (Å²) < 4.78 is 9.80. The van der Waals surface area contributed by atoms with E-state index < -0.39 is 17.9 Å². The van der Waals surface area contributed by atoms with E-state index in [9.17, 15) is 14.7 Å². The molecule has 6 heteroatoms. The van der Waals surface area contributed by atoms with E-state index in [2.05, 4.69) is 0 Å². The Balaban J connectivity index is 2.13. The molecule has 2 aliphatic rings. The van der Waals surface area contributed by atoms with Gasteiger partial charge >= 0.3 is 17.9 Å². The molecular formula is C14H16O6. The Morgan fingerprint density at radius 2 is 1.40 bits per heavy atom. The van der Waals surface area contributed by atoms with Crippen LogP contribution in [0.25, 0.3) is 0 Å². The number of ether oxygens (including phenoxy) is 2. The molecule has 0 fully saturated rings. The molecular weight excluding hydrogens is 264 g/mol. The molecule has 0 saturated heterocycles. The van der Waals surface area contributed by atoms with Crippen molar-refractivity contribution in [3.8, 4) is 0 Å². The van der Waals surface area contributed by atoms with Crippen molar-refractivity contribution in [2.45, 2.75) is 31.7 Å². The Morgan fingerprint density at radius 1 is 0.900 bits per heavy atom. The first-order valence-electron chi connectivity index (χ1n) is 6.44. The van der Waals surface area contributed by atoms with Crippen LogP contribution in [0.1, 0.15) is 46.4 Å². The Kier molecular flexibility index (Phi) is 4.36. The molecule has 3 rings (SSSR count). The monoisotopic (exact) mass is 280 g/mol. The van der Waals surface area contributed by atoms with Crippen LogP contribution in [0.4, 0.5) is 0 Å². The lowest BCUT2D eigenvalue weighted by Crippen LogP contribution is -2.39. The maximum atomic E-state index is 11.8. The highest BCUT2D eigenvalue weighted by atomic mass is 16.8. The zero-order valence-corrected chi connectivity index (χ0v) is 10.9. The number of rotatable bonds is 5. The van der Waals surface area contributed by atoms with Gasteiger partial charge in [-0.25, -0.2) is 9.59 Å². The van der Waals surface area contributed by atoms with E-state index in [1.807, 2.05) is 0 Å². The van der Waals surface area contributed by atoms with Crippen molar-refractivity contribution < 1.29 is 29.3 Å². The van der Waals surface area contributed by atoms with Crippen LogP contribution in [0.5, 0.6) is 0 Å². The molecule has 0 unspecified atom stereocenters. The first kappa shape index (κ1) is 14.5. The molecule has 108 valence electrons. The number of aliphatic hydroxyl groups is 2. The molecule has 2 N–H and O–H groups in total. The molecule has 0 amide bonds. The fraction of sp³-hybridized carbons (Fsp3) is 0.429.